The van der Waals surface area contributed by atoms with Gasteiger partial charge in [-0.2, -0.15) is 0 Å². The summed E-state index contributed by atoms with van der Waals surface area (Å²) in [5.74, 6) is 0. The molecule has 1 aromatic rings. The maximum Gasteiger partial charge on any atom is 0.0501 e. The monoisotopic (exact) mass is 263 g/mol. The van der Waals surface area contributed by atoms with E-state index in [2.05, 4.69) is 37.4 Å². The maximum atomic E-state index is 9.64. The molecule has 0 atom stereocenters. The molecule has 3 nitrogen and oxygen atoms in total. The molecule has 0 spiro atoms. The van der Waals surface area contributed by atoms with E-state index in [1.54, 1.807) is 0 Å². The lowest BCUT2D eigenvalue weighted by Gasteiger charge is -2.35. The molecule has 1 aliphatic rings. The van der Waals surface area contributed by atoms with Gasteiger partial charge in [-0.25, -0.2) is 0 Å². The Hall–Kier alpha value is -0.900. The maximum absolute atomic E-state index is 9.64. The number of aliphatic hydroxyl groups excluding tert-OH is 1. The molecule has 0 aliphatic carbocycles. The Morgan fingerprint density at radius 1 is 1.26 bits per heavy atom. The van der Waals surface area contributed by atoms with Gasteiger partial charge >= 0.3 is 0 Å². The molecule has 2 rings (SSSR count). The van der Waals surface area contributed by atoms with Crippen molar-refractivity contribution < 1.29 is 9.84 Å². The molecule has 1 fully saturated rings. The molecule has 19 heavy (non-hydrogen) atoms. The Morgan fingerprint density at radius 3 is 2.68 bits per heavy atom. The summed E-state index contributed by atoms with van der Waals surface area (Å²) >= 11 is 0. The van der Waals surface area contributed by atoms with Gasteiger partial charge in [0.2, 0.25) is 0 Å². The Labute approximate surface area is 116 Å². The molecule has 0 amide bonds. The first-order chi connectivity index (χ1) is 9.17. The van der Waals surface area contributed by atoms with E-state index in [0.717, 1.165) is 39.1 Å². The van der Waals surface area contributed by atoms with E-state index in [-0.39, 0.29) is 12.0 Å². The fourth-order valence-electron chi connectivity index (χ4n) is 2.66. The smallest absolute Gasteiger partial charge is 0.0501 e. The molecule has 0 bridgehead atoms. The summed E-state index contributed by atoms with van der Waals surface area (Å²) in [5.41, 5.74) is 4.05. The molecule has 2 N–H and O–H groups in total. The van der Waals surface area contributed by atoms with Crippen molar-refractivity contribution in [2.75, 3.05) is 26.4 Å². The molecule has 0 unspecified atom stereocenters. The lowest BCUT2D eigenvalue weighted by molar-refractivity contribution is -0.0154. The summed E-state index contributed by atoms with van der Waals surface area (Å²) in [6.07, 6.45) is 1.90. The molecule has 0 aromatic heterocycles. The van der Waals surface area contributed by atoms with Crippen molar-refractivity contribution in [1.29, 1.82) is 0 Å². The van der Waals surface area contributed by atoms with E-state index in [9.17, 15) is 5.11 Å². The molecular formula is C16H25NO2. The Kier molecular flexibility index (Phi) is 4.97. The third kappa shape index (κ3) is 3.56. The van der Waals surface area contributed by atoms with Crippen molar-refractivity contribution in [1.82, 2.24) is 5.32 Å². The second-order valence-electron chi connectivity index (χ2n) is 5.73. The Morgan fingerprint density at radius 2 is 2.00 bits per heavy atom. The van der Waals surface area contributed by atoms with Crippen molar-refractivity contribution in [3.63, 3.8) is 0 Å². The van der Waals surface area contributed by atoms with Crippen molar-refractivity contribution in [2.45, 2.75) is 33.2 Å². The van der Waals surface area contributed by atoms with Crippen molar-refractivity contribution in [3.8, 4) is 0 Å². The van der Waals surface area contributed by atoms with Gasteiger partial charge in [0.1, 0.15) is 0 Å². The zero-order chi connectivity index (χ0) is 13.7. The lowest BCUT2D eigenvalue weighted by Crippen LogP contribution is -2.41. The van der Waals surface area contributed by atoms with Crippen LogP contribution in [0.15, 0.2) is 18.2 Å². The third-order valence-corrected chi connectivity index (χ3v) is 4.42. The fourth-order valence-corrected chi connectivity index (χ4v) is 2.66. The average Bonchev–Trinajstić information content (AvgIpc) is 2.44. The normalized spacial score (nSPS) is 18.5. The van der Waals surface area contributed by atoms with Crippen molar-refractivity contribution in [2.24, 2.45) is 5.41 Å². The average molecular weight is 263 g/mol. The molecule has 3 heteroatoms. The quantitative estimate of drug-likeness (QED) is 0.855. The van der Waals surface area contributed by atoms with Gasteiger partial charge in [0.25, 0.3) is 0 Å². The molecule has 1 aromatic carbocycles. The predicted octanol–water partition coefficient (Wildman–Crippen LogP) is 2.18. The first-order valence-electron chi connectivity index (χ1n) is 7.11. The largest absolute Gasteiger partial charge is 0.396 e. The number of hydrogen-bond donors (Lipinski definition) is 2. The van der Waals surface area contributed by atoms with E-state index in [4.69, 9.17) is 4.74 Å². The van der Waals surface area contributed by atoms with E-state index < -0.39 is 0 Å². The number of benzene rings is 1. The fraction of sp³-hybridized carbons (Fsp3) is 0.625. The molecule has 106 valence electrons. The van der Waals surface area contributed by atoms with Crippen LogP contribution in [-0.2, 0) is 11.3 Å². The second kappa shape index (κ2) is 6.51. The second-order valence-corrected chi connectivity index (χ2v) is 5.73. The standard InChI is InChI=1S/C16H25NO2/c1-13-4-3-5-15(14(13)2)10-17-11-16(12-18)6-8-19-9-7-16/h3-5,17-18H,6-12H2,1-2H3. The van der Waals surface area contributed by atoms with Gasteiger partial charge in [-0.05, 0) is 43.4 Å². The molecule has 0 radical (unpaired) electrons. The minimum absolute atomic E-state index is 0.00990. The third-order valence-electron chi connectivity index (χ3n) is 4.42. The first kappa shape index (κ1) is 14.5. The molecule has 1 aliphatic heterocycles. The number of nitrogens with one attached hydrogen (secondary N) is 1. The van der Waals surface area contributed by atoms with Crippen LogP contribution in [0.3, 0.4) is 0 Å². The van der Waals surface area contributed by atoms with Crippen LogP contribution in [0, 0.1) is 19.3 Å². The highest BCUT2D eigenvalue weighted by Crippen LogP contribution is 2.29. The van der Waals surface area contributed by atoms with Crippen LogP contribution in [0.25, 0.3) is 0 Å². The SMILES string of the molecule is Cc1cccc(CNCC2(CO)CCOCC2)c1C. The van der Waals surface area contributed by atoms with Crippen LogP contribution in [0.5, 0.6) is 0 Å². The van der Waals surface area contributed by atoms with Crippen LogP contribution >= 0.6 is 0 Å². The van der Waals surface area contributed by atoms with E-state index in [0.29, 0.717) is 0 Å². The highest BCUT2D eigenvalue weighted by Gasteiger charge is 2.31. The first-order valence-corrected chi connectivity index (χ1v) is 7.11. The van der Waals surface area contributed by atoms with Gasteiger partial charge in [-0.15, -0.1) is 0 Å². The van der Waals surface area contributed by atoms with Crippen LogP contribution in [0.1, 0.15) is 29.5 Å². The van der Waals surface area contributed by atoms with E-state index >= 15 is 0 Å². The highest BCUT2D eigenvalue weighted by atomic mass is 16.5. The molecular weight excluding hydrogens is 238 g/mol. The number of aliphatic hydroxyl groups is 1. The summed E-state index contributed by atoms with van der Waals surface area (Å²) in [6.45, 7) is 7.83. The number of hydrogen-bond acceptors (Lipinski definition) is 3. The predicted molar refractivity (Wildman–Crippen MR) is 77.2 cm³/mol. The summed E-state index contributed by atoms with van der Waals surface area (Å²) in [4.78, 5) is 0. The summed E-state index contributed by atoms with van der Waals surface area (Å²) in [7, 11) is 0. The molecule has 0 saturated carbocycles. The van der Waals surface area contributed by atoms with Crippen LogP contribution in [-0.4, -0.2) is 31.5 Å². The van der Waals surface area contributed by atoms with Crippen LogP contribution in [0.2, 0.25) is 0 Å². The lowest BCUT2D eigenvalue weighted by atomic mass is 9.81. The summed E-state index contributed by atoms with van der Waals surface area (Å²) in [6, 6.07) is 6.42. The number of aryl methyl sites for hydroxylation is 1. The number of rotatable bonds is 5. The topological polar surface area (TPSA) is 41.5 Å². The van der Waals surface area contributed by atoms with Crippen LogP contribution in [0.4, 0.5) is 0 Å². The van der Waals surface area contributed by atoms with Gasteiger partial charge in [-0.3, -0.25) is 0 Å². The molecule has 1 saturated heterocycles. The van der Waals surface area contributed by atoms with Crippen LogP contribution < -0.4 is 5.32 Å². The Balaban J connectivity index is 1.90. The summed E-state index contributed by atoms with van der Waals surface area (Å²) < 4.78 is 5.39. The minimum atomic E-state index is 0.00990. The van der Waals surface area contributed by atoms with Gasteiger partial charge < -0.3 is 15.2 Å². The molecule has 1 heterocycles. The zero-order valence-corrected chi connectivity index (χ0v) is 12.0. The van der Waals surface area contributed by atoms with E-state index in [1.807, 2.05) is 0 Å². The minimum Gasteiger partial charge on any atom is -0.396 e. The number of ether oxygens (including phenoxy) is 1. The zero-order valence-electron chi connectivity index (χ0n) is 12.0. The van der Waals surface area contributed by atoms with Gasteiger partial charge in [0.05, 0.1) is 6.61 Å². The van der Waals surface area contributed by atoms with Gasteiger partial charge in [0.15, 0.2) is 0 Å². The Bertz CT molecular complexity index is 411. The summed E-state index contributed by atoms with van der Waals surface area (Å²) in [5, 5.41) is 13.2. The van der Waals surface area contributed by atoms with E-state index in [1.165, 1.54) is 16.7 Å². The van der Waals surface area contributed by atoms with Gasteiger partial charge in [0, 0.05) is 31.7 Å². The van der Waals surface area contributed by atoms with Gasteiger partial charge in [-0.1, -0.05) is 18.2 Å². The van der Waals surface area contributed by atoms with Crippen molar-refractivity contribution in [3.05, 3.63) is 34.9 Å². The highest BCUT2D eigenvalue weighted by molar-refractivity contribution is 5.32. The van der Waals surface area contributed by atoms with Crippen molar-refractivity contribution >= 4 is 0 Å².